The molecule has 4 nitrogen and oxygen atoms in total. The third kappa shape index (κ3) is 4.11. The van der Waals surface area contributed by atoms with Crippen molar-refractivity contribution in [3.05, 3.63) is 29.6 Å². The van der Waals surface area contributed by atoms with Crippen molar-refractivity contribution in [3.63, 3.8) is 0 Å². The fraction of sp³-hybridized carbons (Fsp3) is 0.571. The van der Waals surface area contributed by atoms with Gasteiger partial charge in [-0.1, -0.05) is 6.92 Å². The first-order valence-electron chi connectivity index (χ1n) is 6.96. The highest BCUT2D eigenvalue weighted by Gasteiger charge is 2.32. The Hall–Kier alpha value is -0.790. The van der Waals surface area contributed by atoms with Gasteiger partial charge in [-0.25, -0.2) is 12.8 Å². The molecule has 0 bridgehead atoms. The molecule has 21 heavy (non-hydrogen) atoms. The number of thioether (sulfide) groups is 1. The van der Waals surface area contributed by atoms with E-state index in [0.29, 0.717) is 18.8 Å². The zero-order valence-electron chi connectivity index (χ0n) is 12.3. The molecule has 2 rings (SSSR count). The molecule has 0 aromatic heterocycles. The standard InChI is InChI=1S/C14H21FN2O2S2/c1-3-16-9-11-8-12(15)4-5-13(11)17-6-7-20-10-14(17)21(2,18)19/h4-5,8,14,16H,3,6-7,9-10H2,1-2H3. The summed E-state index contributed by atoms with van der Waals surface area (Å²) in [6.45, 7) is 3.95. The number of nitrogens with zero attached hydrogens (tertiary/aromatic N) is 1. The van der Waals surface area contributed by atoms with Gasteiger partial charge in [0.05, 0.1) is 0 Å². The molecule has 1 unspecified atom stereocenters. The molecule has 118 valence electrons. The van der Waals surface area contributed by atoms with Crippen LogP contribution in [0.5, 0.6) is 0 Å². The van der Waals surface area contributed by atoms with Gasteiger partial charge in [-0.05, 0) is 30.3 Å². The molecule has 1 aliphatic heterocycles. The summed E-state index contributed by atoms with van der Waals surface area (Å²) in [4.78, 5) is 1.90. The Labute approximate surface area is 130 Å². The van der Waals surface area contributed by atoms with Crippen molar-refractivity contribution in [1.29, 1.82) is 0 Å². The maximum Gasteiger partial charge on any atom is 0.169 e. The number of hydrogen-bond donors (Lipinski definition) is 1. The summed E-state index contributed by atoms with van der Waals surface area (Å²) in [6.07, 6.45) is 1.27. The van der Waals surface area contributed by atoms with Gasteiger partial charge in [0, 0.05) is 36.5 Å². The lowest BCUT2D eigenvalue weighted by atomic mass is 10.1. The molecular weight excluding hydrogens is 311 g/mol. The molecule has 1 aromatic rings. The second-order valence-electron chi connectivity index (χ2n) is 5.11. The summed E-state index contributed by atoms with van der Waals surface area (Å²) in [6, 6.07) is 4.57. The van der Waals surface area contributed by atoms with E-state index in [2.05, 4.69) is 5.32 Å². The Bertz CT molecular complexity index is 593. The van der Waals surface area contributed by atoms with E-state index in [1.165, 1.54) is 18.4 Å². The van der Waals surface area contributed by atoms with Crippen LogP contribution < -0.4 is 10.2 Å². The monoisotopic (exact) mass is 332 g/mol. The van der Waals surface area contributed by atoms with Gasteiger partial charge in [0.2, 0.25) is 0 Å². The highest BCUT2D eigenvalue weighted by Crippen LogP contribution is 2.30. The Morgan fingerprint density at radius 2 is 2.24 bits per heavy atom. The molecule has 1 atom stereocenters. The van der Waals surface area contributed by atoms with Gasteiger partial charge < -0.3 is 10.2 Å². The van der Waals surface area contributed by atoms with E-state index in [1.54, 1.807) is 17.8 Å². The van der Waals surface area contributed by atoms with Gasteiger partial charge in [-0.3, -0.25) is 0 Å². The molecule has 1 aliphatic rings. The molecule has 0 radical (unpaired) electrons. The zero-order chi connectivity index (χ0) is 15.5. The molecule has 0 saturated carbocycles. The van der Waals surface area contributed by atoms with Crippen LogP contribution in [0.3, 0.4) is 0 Å². The average Bonchev–Trinajstić information content (AvgIpc) is 2.44. The van der Waals surface area contributed by atoms with Crippen LogP contribution in [0, 0.1) is 5.82 Å². The average molecular weight is 332 g/mol. The smallest absolute Gasteiger partial charge is 0.169 e. The van der Waals surface area contributed by atoms with Gasteiger partial charge in [0.15, 0.2) is 9.84 Å². The Morgan fingerprint density at radius 1 is 1.48 bits per heavy atom. The van der Waals surface area contributed by atoms with E-state index < -0.39 is 15.2 Å². The molecular formula is C14H21FN2O2S2. The number of nitrogens with one attached hydrogen (secondary N) is 1. The molecule has 1 N–H and O–H groups in total. The number of sulfone groups is 1. The summed E-state index contributed by atoms with van der Waals surface area (Å²) in [7, 11) is -3.18. The van der Waals surface area contributed by atoms with Crippen molar-refractivity contribution in [2.45, 2.75) is 18.8 Å². The quantitative estimate of drug-likeness (QED) is 0.892. The zero-order valence-corrected chi connectivity index (χ0v) is 13.9. The maximum absolute atomic E-state index is 13.5. The van der Waals surface area contributed by atoms with Crippen molar-refractivity contribution in [1.82, 2.24) is 5.32 Å². The van der Waals surface area contributed by atoms with Crippen LogP contribution in [0.4, 0.5) is 10.1 Å². The normalized spacial score (nSPS) is 19.8. The molecule has 0 spiro atoms. The largest absolute Gasteiger partial charge is 0.353 e. The van der Waals surface area contributed by atoms with E-state index >= 15 is 0 Å². The van der Waals surface area contributed by atoms with Gasteiger partial charge in [0.1, 0.15) is 11.2 Å². The molecule has 7 heteroatoms. The first-order valence-corrected chi connectivity index (χ1v) is 10.1. The highest BCUT2D eigenvalue weighted by atomic mass is 32.2. The van der Waals surface area contributed by atoms with Crippen LogP contribution in [0.2, 0.25) is 0 Å². The second-order valence-corrected chi connectivity index (χ2v) is 8.46. The van der Waals surface area contributed by atoms with Crippen molar-refractivity contribution in [2.24, 2.45) is 0 Å². The fourth-order valence-corrected chi connectivity index (χ4v) is 5.28. The lowest BCUT2D eigenvalue weighted by molar-refractivity contribution is 0.583. The number of hydrogen-bond acceptors (Lipinski definition) is 5. The SMILES string of the molecule is CCNCc1cc(F)ccc1N1CCSCC1S(C)(=O)=O. The fourth-order valence-electron chi connectivity index (χ4n) is 2.45. The van der Waals surface area contributed by atoms with Crippen LogP contribution in [0.15, 0.2) is 18.2 Å². The number of benzene rings is 1. The Morgan fingerprint density at radius 3 is 2.90 bits per heavy atom. The molecule has 1 aromatic carbocycles. The minimum Gasteiger partial charge on any atom is -0.353 e. The van der Waals surface area contributed by atoms with Gasteiger partial charge in [0.25, 0.3) is 0 Å². The van der Waals surface area contributed by atoms with Crippen LogP contribution in [-0.2, 0) is 16.4 Å². The number of anilines is 1. The Kier molecular flexibility index (Phi) is 5.51. The number of rotatable bonds is 5. The van der Waals surface area contributed by atoms with Crippen LogP contribution >= 0.6 is 11.8 Å². The minimum absolute atomic E-state index is 0.297. The van der Waals surface area contributed by atoms with Crippen molar-refractivity contribution < 1.29 is 12.8 Å². The summed E-state index contributed by atoms with van der Waals surface area (Å²) in [5.74, 6) is 1.13. The summed E-state index contributed by atoms with van der Waals surface area (Å²) < 4.78 is 37.5. The van der Waals surface area contributed by atoms with Gasteiger partial charge in [-0.15, -0.1) is 0 Å². The van der Waals surface area contributed by atoms with Crippen LogP contribution in [0.1, 0.15) is 12.5 Å². The maximum atomic E-state index is 13.5. The molecule has 1 fully saturated rings. The Balaban J connectivity index is 2.38. The second kappa shape index (κ2) is 6.98. The predicted octanol–water partition coefficient (Wildman–Crippen LogP) is 1.86. The van der Waals surface area contributed by atoms with Crippen LogP contribution in [0.25, 0.3) is 0 Å². The highest BCUT2D eigenvalue weighted by molar-refractivity contribution is 8.01. The van der Waals surface area contributed by atoms with E-state index in [9.17, 15) is 12.8 Å². The summed E-state index contributed by atoms with van der Waals surface area (Å²) in [5.41, 5.74) is 1.62. The first-order chi connectivity index (χ1) is 9.93. The van der Waals surface area contributed by atoms with E-state index in [-0.39, 0.29) is 5.82 Å². The van der Waals surface area contributed by atoms with Crippen LogP contribution in [-0.4, -0.2) is 44.6 Å². The predicted molar refractivity (Wildman–Crippen MR) is 87.1 cm³/mol. The summed E-state index contributed by atoms with van der Waals surface area (Å²) in [5, 5.41) is 2.64. The van der Waals surface area contributed by atoms with Crippen molar-refractivity contribution in [2.75, 3.05) is 35.8 Å². The first kappa shape index (κ1) is 16.6. The molecule has 0 aliphatic carbocycles. The van der Waals surface area contributed by atoms with Gasteiger partial charge in [-0.2, -0.15) is 11.8 Å². The van der Waals surface area contributed by atoms with E-state index in [4.69, 9.17) is 0 Å². The third-order valence-electron chi connectivity index (χ3n) is 3.50. The van der Waals surface area contributed by atoms with E-state index in [1.807, 2.05) is 11.8 Å². The van der Waals surface area contributed by atoms with E-state index in [0.717, 1.165) is 23.5 Å². The van der Waals surface area contributed by atoms with Gasteiger partial charge >= 0.3 is 0 Å². The molecule has 0 amide bonds. The molecule has 1 heterocycles. The van der Waals surface area contributed by atoms with Crippen molar-refractivity contribution in [3.8, 4) is 0 Å². The minimum atomic E-state index is -3.18. The lowest BCUT2D eigenvalue weighted by Gasteiger charge is -2.37. The van der Waals surface area contributed by atoms with Crippen molar-refractivity contribution >= 4 is 27.3 Å². The lowest BCUT2D eigenvalue weighted by Crippen LogP contribution is -2.47. The molecule has 1 saturated heterocycles. The topological polar surface area (TPSA) is 49.4 Å². The summed E-state index contributed by atoms with van der Waals surface area (Å²) >= 11 is 1.64. The third-order valence-corrected chi connectivity index (χ3v) is 6.14. The number of halogens is 1.